The molecule has 1 atom stereocenters. The van der Waals surface area contributed by atoms with E-state index in [9.17, 15) is 0 Å². The van der Waals surface area contributed by atoms with Gasteiger partial charge in [0.2, 0.25) is 0 Å². The minimum absolute atomic E-state index is 0.208. The van der Waals surface area contributed by atoms with E-state index < -0.39 is 0 Å². The van der Waals surface area contributed by atoms with Crippen molar-refractivity contribution in [2.75, 3.05) is 13.7 Å². The van der Waals surface area contributed by atoms with E-state index in [1.807, 2.05) is 7.05 Å². The Hall–Kier alpha value is -0.120. The summed E-state index contributed by atoms with van der Waals surface area (Å²) in [7, 11) is 1.83. The summed E-state index contributed by atoms with van der Waals surface area (Å²) in [4.78, 5) is 0. The van der Waals surface area contributed by atoms with E-state index in [1.54, 1.807) is 0 Å². The van der Waals surface area contributed by atoms with Crippen molar-refractivity contribution in [1.29, 1.82) is 0 Å². The maximum absolute atomic E-state index is 4.82. The van der Waals surface area contributed by atoms with Gasteiger partial charge < -0.3 is 10.5 Å². The molecular formula is C3H9N2O+. The van der Waals surface area contributed by atoms with Gasteiger partial charge in [-0.3, -0.25) is 0 Å². The third kappa shape index (κ3) is 0.518. The third-order valence-corrected chi connectivity index (χ3v) is 0.948. The second-order valence-electron chi connectivity index (χ2n) is 1.53. The molecule has 0 amide bonds. The van der Waals surface area contributed by atoms with Crippen molar-refractivity contribution in [2.45, 2.75) is 5.85 Å². The van der Waals surface area contributed by atoms with Crippen LogP contribution in [0.5, 0.6) is 0 Å². The summed E-state index contributed by atoms with van der Waals surface area (Å²) in [6.45, 7) is 0.753. The molecule has 3 nitrogen and oxygen atoms in total. The van der Waals surface area contributed by atoms with Gasteiger partial charge in [0.05, 0.1) is 0 Å². The summed E-state index contributed by atoms with van der Waals surface area (Å²) >= 11 is 0. The first kappa shape index (κ1) is 4.05. The van der Waals surface area contributed by atoms with Gasteiger partial charge in [-0.25, -0.2) is 5.32 Å². The van der Waals surface area contributed by atoms with Crippen molar-refractivity contribution in [1.82, 2.24) is 5.32 Å². The lowest BCUT2D eigenvalue weighted by atomic mass is 10.6. The zero-order valence-corrected chi connectivity index (χ0v) is 3.82. The Labute approximate surface area is 36.5 Å². The molecule has 0 aliphatic carbocycles. The number of ether oxygens (including phenoxy) is 1. The highest BCUT2D eigenvalue weighted by Gasteiger charge is 2.43. The Morgan fingerprint density at radius 2 is 2.50 bits per heavy atom. The van der Waals surface area contributed by atoms with E-state index in [-0.39, 0.29) is 5.85 Å². The Bertz CT molecular complexity index is 59.8. The first-order valence-corrected chi connectivity index (χ1v) is 1.95. The van der Waals surface area contributed by atoms with E-state index in [0.29, 0.717) is 0 Å². The number of epoxide rings is 1. The molecule has 0 aromatic rings. The van der Waals surface area contributed by atoms with Gasteiger partial charge in [-0.1, -0.05) is 0 Å². The zero-order valence-electron chi connectivity index (χ0n) is 3.82. The van der Waals surface area contributed by atoms with Crippen molar-refractivity contribution in [3.63, 3.8) is 0 Å². The predicted octanol–water partition coefficient (Wildman–Crippen LogP) is -1.87. The van der Waals surface area contributed by atoms with E-state index in [2.05, 4.69) is 11.1 Å². The van der Waals surface area contributed by atoms with E-state index >= 15 is 0 Å². The van der Waals surface area contributed by atoms with Gasteiger partial charge in [-0.2, -0.15) is 0 Å². The molecule has 4 N–H and O–H groups in total. The summed E-state index contributed by atoms with van der Waals surface area (Å²) in [5.41, 5.74) is 3.67. The molecular weight excluding hydrogens is 80.0 g/mol. The molecule has 0 aromatic heterocycles. The summed E-state index contributed by atoms with van der Waals surface area (Å²) in [6, 6.07) is 0. The molecule has 0 saturated carbocycles. The lowest BCUT2D eigenvalue weighted by Gasteiger charge is -1.92. The van der Waals surface area contributed by atoms with Gasteiger partial charge in [-0.15, -0.1) is 0 Å². The normalized spacial score (nSPS) is 43.0. The van der Waals surface area contributed by atoms with Crippen LogP contribution in [0.2, 0.25) is 0 Å². The molecule has 0 spiro atoms. The summed E-state index contributed by atoms with van der Waals surface area (Å²) < 4.78 is 4.82. The van der Waals surface area contributed by atoms with Crippen LogP contribution in [0.3, 0.4) is 0 Å². The highest BCUT2D eigenvalue weighted by molar-refractivity contribution is 4.70. The number of likely N-dealkylation sites (N-methyl/N-ethyl adjacent to an activating group) is 1. The molecule has 1 heterocycles. The molecule has 1 rings (SSSR count). The Kier molecular flexibility index (Phi) is 0.629. The van der Waals surface area contributed by atoms with Gasteiger partial charge in [0.15, 0.2) is 6.61 Å². The number of hydrogen-bond donors (Lipinski definition) is 2. The number of quaternary nitrogens is 1. The summed E-state index contributed by atoms with van der Waals surface area (Å²) in [5, 5.41) is 2.88. The largest absolute Gasteiger partial charge is 0.314 e. The number of hydrogen-bond acceptors (Lipinski definition) is 2. The van der Waals surface area contributed by atoms with E-state index in [0.717, 1.165) is 6.61 Å². The van der Waals surface area contributed by atoms with Crippen molar-refractivity contribution in [3.8, 4) is 0 Å². The summed E-state index contributed by atoms with van der Waals surface area (Å²) in [5.74, 6) is -0.208. The van der Waals surface area contributed by atoms with Crippen molar-refractivity contribution < 1.29 is 10.5 Å². The average molecular weight is 89.1 g/mol. The molecule has 1 saturated heterocycles. The second kappa shape index (κ2) is 0.932. The SMILES string of the molecule is CNC1([NH3+])CO1. The molecule has 1 aliphatic rings. The first-order chi connectivity index (χ1) is 2.77. The molecule has 1 unspecified atom stereocenters. The smallest absolute Gasteiger partial charge is 0.283 e. The van der Waals surface area contributed by atoms with Crippen LogP contribution in [0.4, 0.5) is 0 Å². The standard InChI is InChI=1S/C3H8N2O/c1-5-3(4)2-6-3/h5H,2,4H2,1H3/p+1. The van der Waals surface area contributed by atoms with Crippen molar-refractivity contribution in [3.05, 3.63) is 0 Å². The molecule has 6 heavy (non-hydrogen) atoms. The minimum Gasteiger partial charge on any atom is -0.314 e. The summed E-state index contributed by atoms with van der Waals surface area (Å²) in [6.07, 6.45) is 0. The van der Waals surface area contributed by atoms with Crippen LogP contribution in [0.1, 0.15) is 0 Å². The maximum Gasteiger partial charge on any atom is 0.283 e. The monoisotopic (exact) mass is 89.1 g/mol. The molecule has 36 valence electrons. The van der Waals surface area contributed by atoms with Crippen LogP contribution in [0.25, 0.3) is 0 Å². The number of nitrogens with one attached hydrogen (secondary N) is 1. The quantitative estimate of drug-likeness (QED) is 0.292. The fourth-order valence-electron chi connectivity index (χ4n) is 0.231. The Balaban J connectivity index is 2.28. The molecule has 0 aromatic carbocycles. The predicted molar refractivity (Wildman–Crippen MR) is 20.6 cm³/mol. The van der Waals surface area contributed by atoms with Gasteiger partial charge >= 0.3 is 0 Å². The topological polar surface area (TPSA) is 52.2 Å². The maximum atomic E-state index is 4.82. The fourth-order valence-corrected chi connectivity index (χ4v) is 0.231. The van der Waals surface area contributed by atoms with Crippen molar-refractivity contribution >= 4 is 0 Å². The highest BCUT2D eigenvalue weighted by Crippen LogP contribution is 2.09. The van der Waals surface area contributed by atoms with E-state index in [4.69, 9.17) is 4.74 Å². The molecule has 0 bridgehead atoms. The first-order valence-electron chi connectivity index (χ1n) is 1.95. The van der Waals surface area contributed by atoms with Crippen LogP contribution in [0.15, 0.2) is 0 Å². The van der Waals surface area contributed by atoms with Gasteiger partial charge in [0.1, 0.15) is 0 Å². The lowest BCUT2D eigenvalue weighted by molar-refractivity contribution is -0.477. The highest BCUT2D eigenvalue weighted by atomic mass is 16.6. The third-order valence-electron chi connectivity index (χ3n) is 0.948. The van der Waals surface area contributed by atoms with Crippen LogP contribution >= 0.6 is 0 Å². The second-order valence-corrected chi connectivity index (χ2v) is 1.53. The molecule has 1 aliphatic heterocycles. The van der Waals surface area contributed by atoms with Gasteiger partial charge in [0.25, 0.3) is 5.85 Å². The fraction of sp³-hybridized carbons (Fsp3) is 1.00. The van der Waals surface area contributed by atoms with Gasteiger partial charge in [-0.05, 0) is 7.05 Å². The van der Waals surface area contributed by atoms with Crippen LogP contribution in [-0.2, 0) is 4.74 Å². The zero-order chi connectivity index (χ0) is 4.62. The van der Waals surface area contributed by atoms with E-state index in [1.165, 1.54) is 0 Å². The number of rotatable bonds is 1. The molecule has 0 radical (unpaired) electrons. The van der Waals surface area contributed by atoms with Gasteiger partial charge in [0, 0.05) is 0 Å². The van der Waals surface area contributed by atoms with Crippen LogP contribution in [0, 0.1) is 0 Å². The van der Waals surface area contributed by atoms with Crippen LogP contribution in [-0.4, -0.2) is 19.5 Å². The van der Waals surface area contributed by atoms with Crippen LogP contribution < -0.4 is 11.1 Å². The van der Waals surface area contributed by atoms with Crippen molar-refractivity contribution in [2.24, 2.45) is 0 Å². The average Bonchev–Trinajstić information content (AvgIpc) is 2.22. The lowest BCUT2D eigenvalue weighted by Crippen LogP contribution is -2.71. The Morgan fingerprint density at radius 3 is 2.50 bits per heavy atom. The minimum atomic E-state index is -0.208. The Morgan fingerprint density at radius 1 is 2.00 bits per heavy atom. The molecule has 3 heteroatoms. The molecule has 1 fully saturated rings.